The molecule has 0 aliphatic heterocycles. The number of carbonyl (C=O) groups excluding carboxylic acids is 1. The van der Waals surface area contributed by atoms with Gasteiger partial charge in [0.2, 0.25) is 0 Å². The van der Waals surface area contributed by atoms with E-state index < -0.39 is 32.4 Å². The summed E-state index contributed by atoms with van der Waals surface area (Å²) in [5.74, 6) is -1.43. The number of halogens is 1. The number of amides is 1. The first-order valence-corrected chi connectivity index (χ1v) is 13.3. The predicted octanol–water partition coefficient (Wildman–Crippen LogP) is 5.38. The van der Waals surface area contributed by atoms with Gasteiger partial charge in [0, 0.05) is 12.7 Å². The fraction of sp³-hybridized carbons (Fsp3) is 0.296. The van der Waals surface area contributed by atoms with Gasteiger partial charge in [0.25, 0.3) is 11.6 Å². The van der Waals surface area contributed by atoms with Gasteiger partial charge in [-0.15, -0.1) is 4.28 Å². The van der Waals surface area contributed by atoms with Crippen molar-refractivity contribution < 1.29 is 36.3 Å². The highest BCUT2D eigenvalue weighted by molar-refractivity contribution is 7.86. The van der Waals surface area contributed by atoms with E-state index >= 15 is 0 Å². The van der Waals surface area contributed by atoms with Crippen LogP contribution < -0.4 is 4.74 Å². The van der Waals surface area contributed by atoms with Crippen molar-refractivity contribution in [1.82, 2.24) is 5.06 Å². The zero-order valence-electron chi connectivity index (χ0n) is 21.9. The average Bonchev–Trinajstić information content (AvgIpc) is 2.89. The Hall–Kier alpha value is -3.87. The van der Waals surface area contributed by atoms with E-state index in [2.05, 4.69) is 0 Å². The van der Waals surface area contributed by atoms with Gasteiger partial charge >= 0.3 is 10.1 Å². The van der Waals surface area contributed by atoms with Gasteiger partial charge in [0.1, 0.15) is 11.6 Å². The summed E-state index contributed by atoms with van der Waals surface area (Å²) < 4.78 is 56.0. The van der Waals surface area contributed by atoms with Gasteiger partial charge in [-0.3, -0.25) is 14.9 Å². The normalized spacial score (nSPS) is 11.7. The maximum Gasteiger partial charge on any atom is 0.317 e. The standard InChI is InChI=1S/C27H29FN2O8S/c1-27(2,3)37-16-6-15-29(26(31)24-14-13-22(30(32)33)18-25(24)36-4)38-39(34,35)23-8-5-7-20(17-23)19-9-11-21(28)12-10-19/h5,7-14,17-18H,6,15-16H2,1-4H3. The Morgan fingerprint density at radius 2 is 1.72 bits per heavy atom. The summed E-state index contributed by atoms with van der Waals surface area (Å²) in [6.45, 7) is 5.59. The van der Waals surface area contributed by atoms with Crippen molar-refractivity contribution in [3.63, 3.8) is 0 Å². The van der Waals surface area contributed by atoms with Crippen molar-refractivity contribution in [2.75, 3.05) is 20.3 Å². The van der Waals surface area contributed by atoms with Gasteiger partial charge in [0.15, 0.2) is 0 Å². The lowest BCUT2D eigenvalue weighted by Gasteiger charge is -2.24. The van der Waals surface area contributed by atoms with Crippen molar-refractivity contribution in [1.29, 1.82) is 0 Å². The predicted molar refractivity (Wildman–Crippen MR) is 141 cm³/mol. The molecule has 0 atom stereocenters. The molecule has 0 fully saturated rings. The van der Waals surface area contributed by atoms with Crippen molar-refractivity contribution in [2.24, 2.45) is 0 Å². The lowest BCUT2D eigenvalue weighted by Crippen LogP contribution is -2.35. The molecule has 0 aliphatic carbocycles. The summed E-state index contributed by atoms with van der Waals surface area (Å²) in [7, 11) is -3.28. The molecule has 0 heterocycles. The minimum Gasteiger partial charge on any atom is -0.496 e. The summed E-state index contributed by atoms with van der Waals surface area (Å²) in [4.78, 5) is 23.7. The van der Waals surface area contributed by atoms with E-state index in [1.165, 1.54) is 55.6 Å². The molecule has 0 bridgehead atoms. The van der Waals surface area contributed by atoms with E-state index in [0.717, 1.165) is 12.1 Å². The molecule has 208 valence electrons. The minimum absolute atomic E-state index is 0.121. The third-order valence-electron chi connectivity index (χ3n) is 5.38. The van der Waals surface area contributed by atoms with Crippen molar-refractivity contribution in [3.05, 3.63) is 88.2 Å². The first-order valence-electron chi connectivity index (χ1n) is 11.9. The van der Waals surface area contributed by atoms with E-state index in [4.69, 9.17) is 13.8 Å². The monoisotopic (exact) mass is 560 g/mol. The number of benzene rings is 3. The molecule has 0 radical (unpaired) electrons. The summed E-state index contributed by atoms with van der Waals surface area (Å²) in [5, 5.41) is 11.8. The van der Waals surface area contributed by atoms with Crippen LogP contribution >= 0.6 is 0 Å². The van der Waals surface area contributed by atoms with Crippen LogP contribution in [-0.4, -0.2) is 50.2 Å². The molecule has 0 unspecified atom stereocenters. The van der Waals surface area contributed by atoms with E-state index in [0.29, 0.717) is 16.2 Å². The van der Waals surface area contributed by atoms with Crippen LogP contribution in [0.25, 0.3) is 11.1 Å². The van der Waals surface area contributed by atoms with Crippen LogP contribution in [0.15, 0.2) is 71.6 Å². The topological polar surface area (TPSA) is 125 Å². The molecule has 0 spiro atoms. The Morgan fingerprint density at radius 1 is 1.03 bits per heavy atom. The summed E-state index contributed by atoms with van der Waals surface area (Å²) >= 11 is 0. The van der Waals surface area contributed by atoms with Crippen molar-refractivity contribution in [2.45, 2.75) is 37.7 Å². The molecule has 0 aliphatic rings. The van der Waals surface area contributed by atoms with Gasteiger partial charge in [0.05, 0.1) is 40.7 Å². The maximum absolute atomic E-state index is 13.4. The molecule has 10 nitrogen and oxygen atoms in total. The van der Waals surface area contributed by atoms with Gasteiger partial charge in [-0.05, 0) is 68.7 Å². The molecule has 12 heteroatoms. The molecule has 0 aromatic heterocycles. The average molecular weight is 561 g/mol. The van der Waals surface area contributed by atoms with Gasteiger partial charge in [-0.1, -0.05) is 24.3 Å². The van der Waals surface area contributed by atoms with Crippen LogP contribution in [0.1, 0.15) is 37.6 Å². The number of hydroxylamine groups is 2. The fourth-order valence-corrected chi connectivity index (χ4v) is 4.48. The third kappa shape index (κ3) is 8.06. The van der Waals surface area contributed by atoms with E-state index in [1.807, 2.05) is 20.8 Å². The number of non-ortho nitro benzene ring substituents is 1. The smallest absolute Gasteiger partial charge is 0.317 e. The summed E-state index contributed by atoms with van der Waals surface area (Å²) in [6.07, 6.45) is 0.226. The Kier molecular flexibility index (Phi) is 9.38. The Labute approximate surface area is 226 Å². The quantitative estimate of drug-likeness (QED) is 0.174. The van der Waals surface area contributed by atoms with Crippen molar-refractivity contribution >= 4 is 21.7 Å². The zero-order valence-corrected chi connectivity index (χ0v) is 22.7. The fourth-order valence-electron chi connectivity index (χ4n) is 3.50. The zero-order chi connectivity index (χ0) is 28.8. The van der Waals surface area contributed by atoms with Crippen LogP contribution in [0.5, 0.6) is 5.75 Å². The molecule has 3 aromatic rings. The Balaban J connectivity index is 1.92. The highest BCUT2D eigenvalue weighted by Gasteiger charge is 2.28. The molecule has 3 aromatic carbocycles. The second-order valence-electron chi connectivity index (χ2n) is 9.43. The number of ether oxygens (including phenoxy) is 2. The maximum atomic E-state index is 13.4. The molecule has 0 saturated heterocycles. The number of carbonyl (C=O) groups is 1. The van der Waals surface area contributed by atoms with E-state index in [-0.39, 0.29) is 41.5 Å². The molecular formula is C27H29FN2O8S. The molecule has 3 rings (SSSR count). The SMILES string of the molecule is COc1cc([N+](=O)[O-])ccc1C(=O)N(CCCOC(C)(C)C)OS(=O)(=O)c1cccc(-c2ccc(F)cc2)c1. The molecule has 1 amide bonds. The lowest BCUT2D eigenvalue weighted by molar-refractivity contribution is -0.384. The van der Waals surface area contributed by atoms with Gasteiger partial charge in [-0.25, -0.2) is 4.39 Å². The van der Waals surface area contributed by atoms with E-state index in [1.54, 1.807) is 6.07 Å². The second-order valence-corrected chi connectivity index (χ2v) is 11.0. The van der Waals surface area contributed by atoms with Crippen LogP contribution in [0, 0.1) is 15.9 Å². The van der Waals surface area contributed by atoms with Crippen LogP contribution in [0.2, 0.25) is 0 Å². The Bertz CT molecular complexity index is 1440. The van der Waals surface area contributed by atoms with E-state index in [9.17, 15) is 27.7 Å². The number of hydrogen-bond acceptors (Lipinski definition) is 8. The number of hydrogen-bond donors (Lipinski definition) is 0. The Morgan fingerprint density at radius 3 is 2.33 bits per heavy atom. The number of nitro benzene ring substituents is 1. The first-order chi connectivity index (χ1) is 18.3. The number of rotatable bonds is 11. The highest BCUT2D eigenvalue weighted by atomic mass is 32.2. The third-order valence-corrected chi connectivity index (χ3v) is 6.59. The molecule has 0 saturated carbocycles. The summed E-state index contributed by atoms with van der Waals surface area (Å²) in [6, 6.07) is 14.7. The van der Waals surface area contributed by atoms with Gasteiger partial charge < -0.3 is 9.47 Å². The van der Waals surface area contributed by atoms with Crippen LogP contribution in [0.4, 0.5) is 10.1 Å². The molecule has 39 heavy (non-hydrogen) atoms. The van der Waals surface area contributed by atoms with Crippen LogP contribution in [-0.2, 0) is 19.1 Å². The van der Waals surface area contributed by atoms with Gasteiger partial charge in [-0.2, -0.15) is 13.5 Å². The number of nitrogens with zero attached hydrogens (tertiary/aromatic N) is 2. The van der Waals surface area contributed by atoms with Crippen molar-refractivity contribution in [3.8, 4) is 16.9 Å². The number of methoxy groups -OCH3 is 1. The largest absolute Gasteiger partial charge is 0.496 e. The summed E-state index contributed by atoms with van der Waals surface area (Å²) in [5.41, 5.74) is 0.184. The second kappa shape index (κ2) is 12.3. The van der Waals surface area contributed by atoms with Crippen LogP contribution in [0.3, 0.4) is 0 Å². The minimum atomic E-state index is -4.52. The highest BCUT2D eigenvalue weighted by Crippen LogP contribution is 2.28. The molecule has 0 N–H and O–H groups in total. The first kappa shape index (κ1) is 29.7. The lowest BCUT2D eigenvalue weighted by atomic mass is 10.1. The number of nitro groups is 1. The molecular weight excluding hydrogens is 531 g/mol.